The molecule has 3 aromatic heterocycles. The molecular weight excluding hydrogens is 1320 g/mol. The summed E-state index contributed by atoms with van der Waals surface area (Å²) in [5.74, 6) is -6.75. The molecule has 2 aliphatic rings. The number of carbonyl (C=O) groups is 8. The molecule has 32 nitrogen and oxygen atoms in total. The number of fused-ring (bicyclic) bond motifs is 7. The number of carboxylic acids is 2. The Morgan fingerprint density at radius 2 is 1.35 bits per heavy atom. The van der Waals surface area contributed by atoms with Gasteiger partial charge in [0.2, 0.25) is 17.7 Å². The molecule has 10 rings (SSSR count). The fourth-order valence-corrected chi connectivity index (χ4v) is 11.5. The molecule has 3 atom stereocenters. The minimum atomic E-state index is -1.48. The predicted molar refractivity (Wildman–Crippen MR) is 362 cm³/mol. The number of carboxylic acid groups (broad SMARTS) is 2. The largest absolute Gasteiger partial charge is 0.508 e. The highest BCUT2D eigenvalue weighted by Gasteiger charge is 2.54. The first-order chi connectivity index (χ1) is 48.1. The lowest BCUT2D eigenvalue weighted by atomic mass is 9.77. The number of aliphatic carboxylic acids is 2. The lowest BCUT2D eigenvalue weighted by Crippen LogP contribution is -2.44. The molecule has 4 amide bonds. The van der Waals surface area contributed by atoms with E-state index < -0.39 is 77.0 Å². The van der Waals surface area contributed by atoms with Crippen LogP contribution in [0.2, 0.25) is 0 Å². The van der Waals surface area contributed by atoms with Crippen LogP contribution in [0.25, 0.3) is 16.9 Å². The van der Waals surface area contributed by atoms with E-state index in [0.717, 1.165) is 0 Å². The number of benzene rings is 5. The number of aromatic hydroxyl groups is 3. The van der Waals surface area contributed by atoms with Crippen LogP contribution in [0.3, 0.4) is 0 Å². The average molecular weight is 1390 g/mol. The number of hydrogen-bond donors (Lipinski definition) is 14. The second-order valence-corrected chi connectivity index (χ2v) is 23.7. The van der Waals surface area contributed by atoms with Gasteiger partial charge in [-0.25, -0.2) is 33.8 Å². The maximum absolute atomic E-state index is 13.7. The number of Topliss-reactive ketones (excluding diaryl/α,β-unsaturated/α-hetero) is 1. The van der Waals surface area contributed by atoms with Gasteiger partial charge in [0.15, 0.2) is 21.9 Å². The fraction of sp³-hybridized carbons (Fsp3) is 0.299. The van der Waals surface area contributed by atoms with E-state index >= 15 is 0 Å². The Morgan fingerprint density at radius 1 is 0.690 bits per heavy atom. The topological polar surface area (TPSA) is 484 Å². The van der Waals surface area contributed by atoms with Gasteiger partial charge in [0, 0.05) is 96.1 Å². The van der Waals surface area contributed by atoms with Crippen molar-refractivity contribution in [1.29, 1.82) is 0 Å². The molecule has 0 unspecified atom stereocenters. The zero-order valence-electron chi connectivity index (χ0n) is 53.4. The van der Waals surface area contributed by atoms with Gasteiger partial charge in [-0.15, -0.1) is 5.10 Å². The van der Waals surface area contributed by atoms with Crippen LogP contribution < -0.4 is 53.4 Å². The number of amides is 4. The quantitative estimate of drug-likeness (QED) is 0.0150. The number of aromatic nitrogens is 7. The Balaban J connectivity index is 0.628. The number of nitrogens with zero attached hydrogens (tertiary/aromatic N) is 7. The van der Waals surface area contributed by atoms with Crippen LogP contribution in [0.4, 0.5) is 22.1 Å². The molecule has 520 valence electrons. The molecule has 5 heterocycles. The second kappa shape index (κ2) is 32.3. The molecule has 100 heavy (non-hydrogen) atoms. The van der Waals surface area contributed by atoms with E-state index in [-0.39, 0.29) is 128 Å². The standard InChI is InChI=1S/C67H70N16O16S/c68-24-3-1-6-51(61(91)92)77-59(89)38(29-44(84)18-22-52(62(93)94)78-58(88)37-7-11-39(12-8-37)73-33-42-34-74-56-55(75-42)60(90)80-64(69)79-56)5-2-4-25-70-57(87)36-9-14-43(15-10-36)83-35-41(81-82-83)23-28-97-66(96)72-27-26-71-65(100)76-40-13-19-48-47(30-40)63(95)99-67(48)49-20-16-45(85)31-53(49)98-54-32-46(86)17-21-50(54)67/h7-17,19-21,30-32,34-35,38,51-52,73,85-86H,1-6,18,22-29,33,68H2,(H,70,87)(H,72,96)(H,77,89)(H,78,88)(H,91,92)(H,93,94)(H2,71,76,100)(H3,69,74,79,80,90)/t38-,51-,52+/m1/s1. The first-order valence-corrected chi connectivity index (χ1v) is 32.1. The van der Waals surface area contributed by atoms with E-state index in [2.05, 4.69) is 67.5 Å². The highest BCUT2D eigenvalue weighted by molar-refractivity contribution is 7.80. The minimum absolute atomic E-state index is 0.0196. The summed E-state index contributed by atoms with van der Waals surface area (Å²) in [6.07, 6.45) is 3.52. The summed E-state index contributed by atoms with van der Waals surface area (Å²) in [5.41, 5.74) is 14.7. The van der Waals surface area contributed by atoms with Gasteiger partial charge in [0.25, 0.3) is 11.8 Å². The number of nitrogens with two attached hydrogens (primary N) is 2. The van der Waals surface area contributed by atoms with Crippen molar-refractivity contribution in [2.45, 2.75) is 88.4 Å². The molecule has 8 aromatic rings. The average Bonchev–Trinajstić information content (AvgIpc) is 1.48. The zero-order chi connectivity index (χ0) is 71.0. The molecule has 0 fully saturated rings. The first-order valence-electron chi connectivity index (χ1n) is 31.7. The fourth-order valence-electron chi connectivity index (χ4n) is 11.2. The number of hydrogen-bond acceptors (Lipinski definition) is 24. The number of rotatable bonds is 32. The van der Waals surface area contributed by atoms with Crippen molar-refractivity contribution in [3.05, 3.63) is 160 Å². The number of nitrogens with one attached hydrogen (secondary N) is 7. The third-order valence-corrected chi connectivity index (χ3v) is 16.5. The van der Waals surface area contributed by atoms with E-state index in [1.807, 2.05) is 0 Å². The van der Waals surface area contributed by atoms with Crippen molar-refractivity contribution in [3.63, 3.8) is 0 Å². The number of thiocarbonyl (C=S) groups is 1. The van der Waals surface area contributed by atoms with Crippen LogP contribution >= 0.6 is 12.2 Å². The van der Waals surface area contributed by atoms with Crippen LogP contribution in [-0.2, 0) is 47.2 Å². The lowest BCUT2D eigenvalue weighted by Gasteiger charge is -2.36. The molecular formula is C67H70N16O16S. The van der Waals surface area contributed by atoms with Gasteiger partial charge in [-0.2, -0.15) is 9.97 Å². The van der Waals surface area contributed by atoms with Crippen LogP contribution in [0.15, 0.2) is 116 Å². The number of phenolic OH excluding ortho intramolecular Hbond substituents is 2. The van der Waals surface area contributed by atoms with Crippen LogP contribution in [0, 0.1) is 5.92 Å². The van der Waals surface area contributed by atoms with Crippen molar-refractivity contribution in [1.82, 2.24) is 61.5 Å². The molecule has 0 saturated carbocycles. The van der Waals surface area contributed by atoms with E-state index in [4.69, 9.17) is 37.9 Å². The zero-order valence-corrected chi connectivity index (χ0v) is 54.3. The smallest absolute Gasteiger partial charge is 0.407 e. The first kappa shape index (κ1) is 70.7. The molecule has 16 N–H and O–H groups in total. The van der Waals surface area contributed by atoms with Crippen molar-refractivity contribution in [3.8, 4) is 34.6 Å². The number of alkyl carbamates (subject to hydrolysis) is 1. The molecule has 5 aromatic carbocycles. The van der Waals surface area contributed by atoms with Crippen LogP contribution in [0.5, 0.6) is 28.9 Å². The molecule has 0 saturated heterocycles. The Morgan fingerprint density at radius 3 is 2.06 bits per heavy atom. The molecule has 0 radical (unpaired) electrons. The van der Waals surface area contributed by atoms with Crippen molar-refractivity contribution in [2.75, 3.05) is 49.2 Å². The van der Waals surface area contributed by atoms with E-state index in [1.54, 1.807) is 72.9 Å². The van der Waals surface area contributed by atoms with Crippen molar-refractivity contribution >= 4 is 93.3 Å². The molecule has 0 aliphatic carbocycles. The summed E-state index contributed by atoms with van der Waals surface area (Å²) in [6, 6.07) is 23.9. The Labute approximate surface area is 574 Å². The van der Waals surface area contributed by atoms with Gasteiger partial charge >= 0.3 is 24.0 Å². The number of phenols is 2. The highest BCUT2D eigenvalue weighted by Crippen LogP contribution is 2.57. The number of ether oxygens (including phenoxy) is 3. The Bertz CT molecular complexity index is 4360. The molecule has 33 heteroatoms. The van der Waals surface area contributed by atoms with Crippen molar-refractivity contribution in [2.24, 2.45) is 11.7 Å². The van der Waals surface area contributed by atoms with Gasteiger partial charge in [0.05, 0.1) is 48.2 Å². The number of unbranched alkanes of at least 4 members (excludes halogenated alkanes) is 2. The summed E-state index contributed by atoms with van der Waals surface area (Å²) >= 11 is 5.48. The summed E-state index contributed by atoms with van der Waals surface area (Å²) < 4.78 is 19.0. The number of anilines is 3. The third kappa shape index (κ3) is 17.5. The molecule has 2 aliphatic heterocycles. The summed E-state index contributed by atoms with van der Waals surface area (Å²) in [4.78, 5) is 120. The monoisotopic (exact) mass is 1390 g/mol. The Hall–Kier alpha value is -12.1. The number of ketones is 1. The van der Waals surface area contributed by atoms with E-state index in [1.165, 1.54) is 47.3 Å². The van der Waals surface area contributed by atoms with E-state index in [9.17, 15) is 63.9 Å². The molecule has 0 bridgehead atoms. The van der Waals surface area contributed by atoms with Crippen LogP contribution in [-0.4, -0.2) is 158 Å². The van der Waals surface area contributed by atoms with Crippen LogP contribution in [0.1, 0.15) is 117 Å². The maximum Gasteiger partial charge on any atom is 0.407 e. The second-order valence-electron chi connectivity index (χ2n) is 23.3. The number of esters is 1. The van der Waals surface area contributed by atoms with Gasteiger partial charge in [-0.1, -0.05) is 17.7 Å². The maximum atomic E-state index is 13.7. The Kier molecular flexibility index (Phi) is 22.8. The summed E-state index contributed by atoms with van der Waals surface area (Å²) in [7, 11) is 0. The SMILES string of the molecule is NCCCC[C@@H](NC(=O)[C@H](CCCCNC(=O)c1ccc(-n2cc(CCOC(=O)NCCNC(=S)Nc3ccc4c(c3)C(=O)OC43c4ccc(O)cc4Oc4cc(O)ccc43)nn2)cc1)CC(=O)CC[C@H](NC(=O)c1ccc(NCc2cnc3nc(N)nc(O)c3n2)cc1)C(=O)O)C(=O)O. The van der Waals surface area contributed by atoms with Gasteiger partial charge in [-0.05, 0) is 142 Å². The normalized spacial score (nSPS) is 13.2. The lowest BCUT2D eigenvalue weighted by molar-refractivity contribution is -0.143. The number of nitrogen functional groups attached to an aromatic ring is 1. The summed E-state index contributed by atoms with van der Waals surface area (Å²) in [6.45, 7) is 1.00. The van der Waals surface area contributed by atoms with Crippen molar-refractivity contribution < 1.29 is 78.1 Å². The van der Waals surface area contributed by atoms with E-state index in [0.29, 0.717) is 82.9 Å². The van der Waals surface area contributed by atoms with Gasteiger partial charge in [-0.3, -0.25) is 19.2 Å². The predicted octanol–water partition coefficient (Wildman–Crippen LogP) is 4.97. The highest BCUT2D eigenvalue weighted by atomic mass is 32.1. The molecule has 1 spiro atoms. The number of carbonyl (C=O) groups excluding carboxylic acids is 6. The minimum Gasteiger partial charge on any atom is -0.508 e. The van der Waals surface area contributed by atoms with Gasteiger partial charge < -0.3 is 88.4 Å². The summed E-state index contributed by atoms with van der Waals surface area (Å²) in [5, 5.41) is 78.6. The third-order valence-electron chi connectivity index (χ3n) is 16.3. The van der Waals surface area contributed by atoms with Gasteiger partial charge in [0.1, 0.15) is 40.9 Å².